The third kappa shape index (κ3) is 3.23. The zero-order valence-electron chi connectivity index (χ0n) is 9.68. The first kappa shape index (κ1) is 14.7. The fourth-order valence-corrected chi connectivity index (χ4v) is 2.64. The van der Waals surface area contributed by atoms with Gasteiger partial charge in [-0.3, -0.25) is 4.79 Å². The Balaban J connectivity index is 2.36. The number of nitrogens with zero attached hydrogens (tertiary/aromatic N) is 1. The number of rotatable bonds is 1. The lowest BCUT2D eigenvalue weighted by molar-refractivity contribution is -0.138. The van der Waals surface area contributed by atoms with Crippen LogP contribution in [-0.2, 0) is 6.18 Å². The van der Waals surface area contributed by atoms with Crippen LogP contribution in [0.15, 0.2) is 22.7 Å². The number of carbonyl (C=O) groups excluding carboxylic acids is 1. The number of halogens is 5. The molecule has 7 heteroatoms. The van der Waals surface area contributed by atoms with E-state index in [-0.39, 0.29) is 22.0 Å². The number of hydrogen-bond donors (Lipinski definition) is 0. The molecule has 0 spiro atoms. The summed E-state index contributed by atoms with van der Waals surface area (Å²) in [5, 5.41) is -0.186. The summed E-state index contributed by atoms with van der Waals surface area (Å²) < 4.78 is 39.1. The average Bonchev–Trinajstić information content (AvgIpc) is 2.74. The lowest BCUT2D eigenvalue weighted by Gasteiger charge is -2.19. The zero-order valence-corrected chi connectivity index (χ0v) is 12.0. The summed E-state index contributed by atoms with van der Waals surface area (Å²) in [5.41, 5.74) is -1.26. The van der Waals surface area contributed by atoms with Crippen LogP contribution in [0, 0.1) is 0 Å². The molecule has 2 rings (SSSR count). The minimum atomic E-state index is -4.56. The van der Waals surface area contributed by atoms with Crippen molar-refractivity contribution >= 4 is 33.4 Å². The lowest BCUT2D eigenvalue weighted by Crippen LogP contribution is -2.30. The molecule has 1 aromatic rings. The molecule has 1 atom stereocenters. The summed E-state index contributed by atoms with van der Waals surface area (Å²) in [4.78, 5) is 13.5. The maximum atomic E-state index is 12.9. The van der Waals surface area contributed by atoms with Crippen LogP contribution in [0.3, 0.4) is 0 Å². The van der Waals surface area contributed by atoms with Crippen molar-refractivity contribution in [1.82, 2.24) is 4.90 Å². The maximum Gasteiger partial charge on any atom is 0.417 e. The van der Waals surface area contributed by atoms with E-state index in [1.807, 2.05) is 0 Å². The number of hydrogen-bond acceptors (Lipinski definition) is 1. The lowest BCUT2D eigenvalue weighted by atomic mass is 10.1. The van der Waals surface area contributed by atoms with Gasteiger partial charge in [0.2, 0.25) is 0 Å². The topological polar surface area (TPSA) is 20.3 Å². The molecule has 1 fully saturated rings. The Morgan fingerprint density at radius 2 is 2.11 bits per heavy atom. The first-order valence-electron chi connectivity index (χ1n) is 5.59. The first-order valence-corrected chi connectivity index (χ1v) is 6.82. The van der Waals surface area contributed by atoms with Crippen LogP contribution >= 0.6 is 27.5 Å². The van der Waals surface area contributed by atoms with Gasteiger partial charge >= 0.3 is 6.18 Å². The fourth-order valence-electron chi connectivity index (χ4n) is 2.01. The Hall–Kier alpha value is -0.750. The molecule has 0 N–H and O–H groups in total. The Kier molecular flexibility index (Phi) is 4.11. The van der Waals surface area contributed by atoms with E-state index in [4.69, 9.17) is 11.6 Å². The Bertz CT molecular complexity index is 506. The quantitative estimate of drug-likeness (QED) is 0.699. The van der Waals surface area contributed by atoms with E-state index in [1.165, 1.54) is 17.0 Å². The Labute approximate surface area is 121 Å². The number of amides is 1. The van der Waals surface area contributed by atoms with Crippen LogP contribution in [0.2, 0.25) is 0 Å². The summed E-state index contributed by atoms with van der Waals surface area (Å²) in [6.45, 7) is 0.675. The van der Waals surface area contributed by atoms with E-state index in [0.29, 0.717) is 13.0 Å². The van der Waals surface area contributed by atoms with Gasteiger partial charge in [-0.15, -0.1) is 11.6 Å². The highest BCUT2D eigenvalue weighted by atomic mass is 79.9. The van der Waals surface area contributed by atoms with Crippen molar-refractivity contribution in [2.75, 3.05) is 13.1 Å². The SMILES string of the molecule is O=C(c1ccc(Br)cc1C(F)(F)F)N1CCC(Cl)C1. The molecule has 0 aliphatic carbocycles. The first-order chi connectivity index (χ1) is 8.79. The van der Waals surface area contributed by atoms with E-state index in [2.05, 4.69) is 15.9 Å². The van der Waals surface area contributed by atoms with Gasteiger partial charge in [-0.1, -0.05) is 15.9 Å². The van der Waals surface area contributed by atoms with E-state index in [1.54, 1.807) is 0 Å². The summed E-state index contributed by atoms with van der Waals surface area (Å²) in [6.07, 6.45) is -3.96. The van der Waals surface area contributed by atoms with Gasteiger partial charge in [0.15, 0.2) is 0 Å². The number of benzene rings is 1. The van der Waals surface area contributed by atoms with Gasteiger partial charge in [0, 0.05) is 17.6 Å². The maximum absolute atomic E-state index is 12.9. The molecule has 104 valence electrons. The minimum Gasteiger partial charge on any atom is -0.337 e. The van der Waals surface area contributed by atoms with Crippen molar-refractivity contribution in [1.29, 1.82) is 0 Å². The molecule has 1 aliphatic rings. The van der Waals surface area contributed by atoms with Crippen LogP contribution in [0.25, 0.3) is 0 Å². The highest BCUT2D eigenvalue weighted by Crippen LogP contribution is 2.34. The molecule has 1 aromatic carbocycles. The zero-order chi connectivity index (χ0) is 14.2. The van der Waals surface area contributed by atoms with Crippen molar-refractivity contribution in [2.24, 2.45) is 0 Å². The van der Waals surface area contributed by atoms with Crippen LogP contribution in [0.1, 0.15) is 22.3 Å². The van der Waals surface area contributed by atoms with E-state index < -0.39 is 17.6 Å². The largest absolute Gasteiger partial charge is 0.417 e. The van der Waals surface area contributed by atoms with Gasteiger partial charge in [-0.2, -0.15) is 13.2 Å². The van der Waals surface area contributed by atoms with Gasteiger partial charge in [0.05, 0.1) is 16.5 Å². The second-order valence-corrected chi connectivity index (χ2v) is 5.86. The van der Waals surface area contributed by atoms with Crippen molar-refractivity contribution in [2.45, 2.75) is 18.0 Å². The van der Waals surface area contributed by atoms with E-state index >= 15 is 0 Å². The molecule has 1 aliphatic heterocycles. The predicted octanol–water partition coefficient (Wildman–Crippen LogP) is 3.92. The number of alkyl halides is 4. The van der Waals surface area contributed by atoms with Crippen LogP contribution < -0.4 is 0 Å². The molecule has 1 heterocycles. The fraction of sp³-hybridized carbons (Fsp3) is 0.417. The average molecular weight is 357 g/mol. The van der Waals surface area contributed by atoms with Gasteiger partial charge in [-0.25, -0.2) is 0 Å². The predicted molar refractivity (Wildman–Crippen MR) is 69.3 cm³/mol. The molecular weight excluding hydrogens is 346 g/mol. The van der Waals surface area contributed by atoms with Crippen LogP contribution in [0.5, 0.6) is 0 Å². The third-order valence-corrected chi connectivity index (χ3v) is 3.78. The molecule has 0 radical (unpaired) electrons. The van der Waals surface area contributed by atoms with Crippen molar-refractivity contribution < 1.29 is 18.0 Å². The molecular formula is C12H10BrClF3NO. The minimum absolute atomic E-state index is 0.186. The molecule has 2 nitrogen and oxygen atoms in total. The second-order valence-electron chi connectivity index (χ2n) is 4.32. The van der Waals surface area contributed by atoms with Crippen molar-refractivity contribution in [3.8, 4) is 0 Å². The normalized spacial score (nSPS) is 19.8. The van der Waals surface area contributed by atoms with Crippen LogP contribution in [0.4, 0.5) is 13.2 Å². The Morgan fingerprint density at radius 3 is 2.63 bits per heavy atom. The molecule has 19 heavy (non-hydrogen) atoms. The molecule has 0 bridgehead atoms. The smallest absolute Gasteiger partial charge is 0.337 e. The van der Waals surface area contributed by atoms with Crippen molar-refractivity contribution in [3.63, 3.8) is 0 Å². The van der Waals surface area contributed by atoms with Crippen molar-refractivity contribution in [3.05, 3.63) is 33.8 Å². The summed E-state index contributed by atoms with van der Waals surface area (Å²) in [5.74, 6) is -0.622. The monoisotopic (exact) mass is 355 g/mol. The second kappa shape index (κ2) is 5.32. The number of carbonyl (C=O) groups is 1. The standard InChI is InChI=1S/C12H10BrClF3NO/c13-7-1-2-9(10(5-7)12(15,16)17)11(19)18-4-3-8(14)6-18/h1-2,5,8H,3-4,6H2. The third-order valence-electron chi connectivity index (χ3n) is 2.94. The summed E-state index contributed by atoms with van der Waals surface area (Å²) >= 11 is 8.85. The highest BCUT2D eigenvalue weighted by molar-refractivity contribution is 9.10. The molecule has 0 aromatic heterocycles. The molecule has 0 saturated carbocycles. The van der Waals surface area contributed by atoms with Crippen LogP contribution in [-0.4, -0.2) is 29.3 Å². The van der Waals surface area contributed by atoms with Gasteiger partial charge < -0.3 is 4.90 Å². The molecule has 1 saturated heterocycles. The summed E-state index contributed by atoms with van der Waals surface area (Å²) in [6, 6.07) is 3.54. The van der Waals surface area contributed by atoms with E-state index in [9.17, 15) is 18.0 Å². The highest BCUT2D eigenvalue weighted by Gasteiger charge is 2.37. The van der Waals surface area contributed by atoms with Gasteiger partial charge in [-0.05, 0) is 24.6 Å². The molecule has 1 unspecified atom stereocenters. The number of likely N-dealkylation sites (tertiary alicyclic amines) is 1. The molecule has 1 amide bonds. The summed E-state index contributed by atoms with van der Waals surface area (Å²) in [7, 11) is 0. The Morgan fingerprint density at radius 1 is 1.42 bits per heavy atom. The van der Waals surface area contributed by atoms with Gasteiger partial charge in [0.25, 0.3) is 5.91 Å². The van der Waals surface area contributed by atoms with E-state index in [0.717, 1.165) is 6.07 Å². The van der Waals surface area contributed by atoms with Gasteiger partial charge in [0.1, 0.15) is 0 Å².